The van der Waals surface area contributed by atoms with Crippen molar-refractivity contribution in [3.63, 3.8) is 0 Å². The maximum atomic E-state index is 2.64. The average Bonchev–Trinajstić information content (AvgIpc) is 2.17. The summed E-state index contributed by atoms with van der Waals surface area (Å²) in [4.78, 5) is 2.64. The fourth-order valence-corrected chi connectivity index (χ4v) is 1.48. The van der Waals surface area contributed by atoms with Crippen molar-refractivity contribution < 1.29 is 0 Å². The summed E-state index contributed by atoms with van der Waals surface area (Å²) in [6.45, 7) is 10.8. The Morgan fingerprint density at radius 3 is 1.14 bits per heavy atom. The molecule has 0 atom stereocenters. The Bertz CT molecular complexity index is 77.3. The summed E-state index contributed by atoms with van der Waals surface area (Å²) in [6.07, 6.45) is 8.09. The van der Waals surface area contributed by atoms with Gasteiger partial charge in [0.15, 0.2) is 0 Å². The van der Waals surface area contributed by atoms with Crippen molar-refractivity contribution >= 4 is 11.0 Å². The lowest BCUT2D eigenvalue weighted by Crippen LogP contribution is -2.27. The zero-order valence-corrected chi connectivity index (χ0v) is 9.81. The highest BCUT2D eigenvalue weighted by Crippen LogP contribution is 2.01. The molecule has 14 heavy (non-hydrogen) atoms. The Hall–Kier alpha value is 0.177. The van der Waals surface area contributed by atoms with Gasteiger partial charge in [0.1, 0.15) is 0 Å². The second-order valence-electron chi connectivity index (χ2n) is 3.90. The van der Waals surface area contributed by atoms with Gasteiger partial charge in [-0.3, -0.25) is 0 Å². The second kappa shape index (κ2) is 13.2. The molecule has 0 aliphatic carbocycles. The lowest BCUT2D eigenvalue weighted by atomic mass is 10.2. The van der Waals surface area contributed by atoms with E-state index in [1.807, 2.05) is 0 Å². The summed E-state index contributed by atoms with van der Waals surface area (Å²) < 4.78 is 0. The van der Waals surface area contributed by atoms with E-state index in [1.54, 1.807) is 0 Å². The molecule has 0 amide bonds. The quantitative estimate of drug-likeness (QED) is 0.536. The standard InChI is InChI=1S/C12H27N.H4Si/c1-4-7-10-13(11-8-5-2)12-9-6-3;/h4-12H2,1-3H3;1H4. The van der Waals surface area contributed by atoms with Crippen molar-refractivity contribution in [3.8, 4) is 0 Å². The average molecular weight is 217 g/mol. The van der Waals surface area contributed by atoms with Gasteiger partial charge in [-0.1, -0.05) is 40.0 Å². The number of rotatable bonds is 9. The van der Waals surface area contributed by atoms with Crippen molar-refractivity contribution in [1.82, 2.24) is 4.90 Å². The zero-order chi connectivity index (χ0) is 9.94. The Morgan fingerprint density at radius 2 is 0.929 bits per heavy atom. The topological polar surface area (TPSA) is 3.24 Å². The number of hydrogen-bond acceptors (Lipinski definition) is 1. The Labute approximate surface area is 95.3 Å². The molecule has 0 saturated carbocycles. The second-order valence-corrected chi connectivity index (χ2v) is 3.90. The van der Waals surface area contributed by atoms with Crippen LogP contribution in [-0.4, -0.2) is 35.5 Å². The van der Waals surface area contributed by atoms with E-state index in [0.717, 1.165) is 0 Å². The third kappa shape index (κ3) is 10.3. The molecule has 1 nitrogen and oxygen atoms in total. The van der Waals surface area contributed by atoms with Gasteiger partial charge in [0, 0.05) is 0 Å². The predicted molar refractivity (Wildman–Crippen MR) is 72.5 cm³/mol. The van der Waals surface area contributed by atoms with Gasteiger partial charge in [-0.15, -0.1) is 0 Å². The van der Waals surface area contributed by atoms with Gasteiger partial charge in [0.25, 0.3) is 0 Å². The van der Waals surface area contributed by atoms with Crippen molar-refractivity contribution in [2.45, 2.75) is 59.3 Å². The highest BCUT2D eigenvalue weighted by molar-refractivity contribution is 5.75. The van der Waals surface area contributed by atoms with Gasteiger partial charge in [-0.25, -0.2) is 0 Å². The van der Waals surface area contributed by atoms with E-state index in [1.165, 1.54) is 58.2 Å². The molecule has 0 bridgehead atoms. The summed E-state index contributed by atoms with van der Waals surface area (Å²) in [5.74, 6) is 0. The Kier molecular flexibility index (Phi) is 15.6. The molecule has 0 spiro atoms. The lowest BCUT2D eigenvalue weighted by Gasteiger charge is -2.21. The maximum Gasteiger partial charge on any atom is -0.00188 e. The van der Waals surface area contributed by atoms with E-state index in [9.17, 15) is 0 Å². The minimum Gasteiger partial charge on any atom is -0.303 e. The fraction of sp³-hybridized carbons (Fsp3) is 1.00. The van der Waals surface area contributed by atoms with Gasteiger partial charge in [0.05, 0.1) is 0 Å². The highest BCUT2D eigenvalue weighted by Gasteiger charge is 2.01. The first-order valence-corrected chi connectivity index (χ1v) is 6.07. The van der Waals surface area contributed by atoms with Crippen LogP contribution in [-0.2, 0) is 0 Å². The molecular weight excluding hydrogens is 186 g/mol. The van der Waals surface area contributed by atoms with Crippen LogP contribution in [0.1, 0.15) is 59.3 Å². The van der Waals surface area contributed by atoms with Crippen LogP contribution in [0.4, 0.5) is 0 Å². The largest absolute Gasteiger partial charge is 0.303 e. The molecular formula is C12H31NSi. The molecule has 0 rings (SSSR count). The molecule has 0 aromatic heterocycles. The van der Waals surface area contributed by atoms with E-state index >= 15 is 0 Å². The SMILES string of the molecule is CCCCN(CCCC)CCCC.[SiH4]. The fourth-order valence-electron chi connectivity index (χ4n) is 1.48. The number of hydrogen-bond donors (Lipinski definition) is 0. The van der Waals surface area contributed by atoms with Gasteiger partial charge in [-0.2, -0.15) is 0 Å². The van der Waals surface area contributed by atoms with Crippen molar-refractivity contribution in [3.05, 3.63) is 0 Å². The molecule has 88 valence electrons. The minimum atomic E-state index is 0. The van der Waals surface area contributed by atoms with Crippen molar-refractivity contribution in [2.75, 3.05) is 19.6 Å². The number of unbranched alkanes of at least 4 members (excludes halogenated alkanes) is 3. The minimum absolute atomic E-state index is 0. The van der Waals surface area contributed by atoms with Crippen LogP contribution in [0.3, 0.4) is 0 Å². The molecule has 0 fully saturated rings. The van der Waals surface area contributed by atoms with Crippen LogP contribution in [0, 0.1) is 0 Å². The van der Waals surface area contributed by atoms with Crippen molar-refractivity contribution in [1.29, 1.82) is 0 Å². The zero-order valence-electron chi connectivity index (χ0n) is 9.81. The van der Waals surface area contributed by atoms with E-state index in [-0.39, 0.29) is 11.0 Å². The molecule has 0 heterocycles. The molecule has 0 aromatic rings. The first-order valence-electron chi connectivity index (χ1n) is 6.07. The predicted octanol–water partition coefficient (Wildman–Crippen LogP) is 2.24. The monoisotopic (exact) mass is 217 g/mol. The van der Waals surface area contributed by atoms with Crippen LogP contribution in [0.2, 0.25) is 0 Å². The van der Waals surface area contributed by atoms with E-state index in [0.29, 0.717) is 0 Å². The Balaban J connectivity index is 0. The van der Waals surface area contributed by atoms with E-state index < -0.39 is 0 Å². The van der Waals surface area contributed by atoms with Crippen LogP contribution < -0.4 is 0 Å². The van der Waals surface area contributed by atoms with E-state index in [4.69, 9.17) is 0 Å². The molecule has 0 aliphatic rings. The molecule has 0 N–H and O–H groups in total. The molecule has 0 radical (unpaired) electrons. The summed E-state index contributed by atoms with van der Waals surface area (Å²) in [5.41, 5.74) is 0. The molecule has 0 aromatic carbocycles. The smallest absolute Gasteiger partial charge is 0.00188 e. The first kappa shape index (κ1) is 16.6. The van der Waals surface area contributed by atoms with Gasteiger partial charge in [0.2, 0.25) is 0 Å². The van der Waals surface area contributed by atoms with Crippen LogP contribution in [0.15, 0.2) is 0 Å². The third-order valence-corrected chi connectivity index (χ3v) is 2.48. The van der Waals surface area contributed by atoms with Crippen molar-refractivity contribution in [2.24, 2.45) is 0 Å². The Morgan fingerprint density at radius 1 is 0.643 bits per heavy atom. The van der Waals surface area contributed by atoms with Crippen LogP contribution in [0.5, 0.6) is 0 Å². The molecule has 0 saturated heterocycles. The maximum absolute atomic E-state index is 2.64. The molecule has 2 heteroatoms. The highest BCUT2D eigenvalue weighted by atomic mass is 28.1. The van der Waals surface area contributed by atoms with Crippen LogP contribution >= 0.6 is 0 Å². The summed E-state index contributed by atoms with van der Waals surface area (Å²) in [6, 6.07) is 0. The molecule has 0 aliphatic heterocycles. The normalized spacial score (nSPS) is 10.3. The van der Waals surface area contributed by atoms with Gasteiger partial charge >= 0.3 is 0 Å². The third-order valence-electron chi connectivity index (χ3n) is 2.48. The molecule has 0 unspecified atom stereocenters. The van der Waals surface area contributed by atoms with Gasteiger partial charge < -0.3 is 4.90 Å². The van der Waals surface area contributed by atoms with E-state index in [2.05, 4.69) is 25.7 Å². The van der Waals surface area contributed by atoms with Gasteiger partial charge in [-0.05, 0) is 49.9 Å². The summed E-state index contributed by atoms with van der Waals surface area (Å²) in [5, 5.41) is 0. The van der Waals surface area contributed by atoms with Crippen LogP contribution in [0.25, 0.3) is 0 Å². The number of nitrogens with zero attached hydrogens (tertiary/aromatic N) is 1. The summed E-state index contributed by atoms with van der Waals surface area (Å²) in [7, 11) is 0. The first-order chi connectivity index (χ1) is 6.35. The summed E-state index contributed by atoms with van der Waals surface area (Å²) >= 11 is 0. The lowest BCUT2D eigenvalue weighted by molar-refractivity contribution is 0.261.